The lowest BCUT2D eigenvalue weighted by molar-refractivity contribution is -0.685. The van der Waals surface area contributed by atoms with Crippen molar-refractivity contribution in [2.24, 2.45) is 0 Å². The molecule has 0 N–H and O–H groups in total. The van der Waals surface area contributed by atoms with E-state index in [1.807, 2.05) is 56.4 Å². The number of rotatable bonds is 2. The van der Waals surface area contributed by atoms with Gasteiger partial charge in [0.05, 0.1) is 11.9 Å². The van der Waals surface area contributed by atoms with Crippen molar-refractivity contribution in [3.8, 4) is 0 Å². The minimum Gasteiger partial charge on any atom is -0.377 e. The molecule has 20 heavy (non-hydrogen) atoms. The molecule has 4 nitrogen and oxygen atoms in total. The molecule has 0 atom stereocenters. The number of pyridine rings is 1. The maximum absolute atomic E-state index is 12.6. The van der Waals surface area contributed by atoms with E-state index in [9.17, 15) is 4.79 Å². The summed E-state index contributed by atoms with van der Waals surface area (Å²) in [4.78, 5) is 14.6. The van der Waals surface area contributed by atoms with Gasteiger partial charge in [-0.25, -0.2) is 0 Å². The van der Waals surface area contributed by atoms with Crippen LogP contribution in [0.1, 0.15) is 6.92 Å². The van der Waals surface area contributed by atoms with Crippen LogP contribution >= 0.6 is 0 Å². The van der Waals surface area contributed by atoms with Gasteiger partial charge in [0.25, 0.3) is 0 Å². The molecular formula is C16H18N3O+. The molecular weight excluding hydrogens is 250 g/mol. The van der Waals surface area contributed by atoms with Crippen LogP contribution in [0.3, 0.4) is 0 Å². The Kier molecular flexibility index (Phi) is 2.93. The first kappa shape index (κ1) is 12.7. The normalized spacial score (nSPS) is 11.2. The molecule has 0 aliphatic heterocycles. The third-order valence-corrected chi connectivity index (χ3v) is 3.68. The van der Waals surface area contributed by atoms with Crippen molar-refractivity contribution < 1.29 is 4.57 Å². The van der Waals surface area contributed by atoms with E-state index in [0.717, 1.165) is 22.1 Å². The first-order valence-electron chi connectivity index (χ1n) is 6.77. The molecule has 2 heterocycles. The molecule has 0 spiro atoms. The fourth-order valence-corrected chi connectivity index (χ4v) is 2.61. The van der Waals surface area contributed by atoms with E-state index in [0.29, 0.717) is 6.54 Å². The van der Waals surface area contributed by atoms with E-state index >= 15 is 0 Å². The quantitative estimate of drug-likeness (QED) is 0.524. The number of hydrogen-bond acceptors (Lipinski definition) is 2. The number of fused-ring (bicyclic) bond motifs is 3. The maximum atomic E-state index is 12.6. The lowest BCUT2D eigenvalue weighted by Gasteiger charge is -2.12. The second-order valence-corrected chi connectivity index (χ2v) is 5.08. The van der Waals surface area contributed by atoms with Crippen molar-refractivity contribution in [1.29, 1.82) is 0 Å². The van der Waals surface area contributed by atoms with Crippen LogP contribution in [0.2, 0.25) is 0 Å². The molecule has 3 rings (SSSR count). The molecule has 3 aromatic rings. The number of aryl methyl sites for hydroxylation is 1. The number of para-hydroxylation sites is 1. The Morgan fingerprint density at radius 3 is 2.65 bits per heavy atom. The Morgan fingerprint density at radius 2 is 1.95 bits per heavy atom. The molecule has 0 amide bonds. The largest absolute Gasteiger partial charge is 0.503 e. The summed E-state index contributed by atoms with van der Waals surface area (Å²) in [6.07, 6.45) is 1.85. The standard InChI is InChI=1S/C16H18N3O/c1-4-18-14-8-6-5-7-13(14)15-11-12(17(2)3)9-10-19(15)16(18)20/h5-11H,4H2,1-3H3/q+1. The first-order chi connectivity index (χ1) is 9.63. The average molecular weight is 268 g/mol. The van der Waals surface area contributed by atoms with Crippen LogP contribution in [0.15, 0.2) is 47.4 Å². The predicted molar refractivity (Wildman–Crippen MR) is 81.4 cm³/mol. The van der Waals surface area contributed by atoms with Gasteiger partial charge in [-0.2, -0.15) is 13.8 Å². The topological polar surface area (TPSA) is 28.6 Å². The smallest absolute Gasteiger partial charge is 0.377 e. The van der Waals surface area contributed by atoms with Gasteiger partial charge in [0.1, 0.15) is 17.2 Å². The van der Waals surface area contributed by atoms with Gasteiger partial charge in [-0.3, -0.25) is 0 Å². The minimum atomic E-state index is 0.00602. The highest BCUT2D eigenvalue weighted by molar-refractivity contribution is 5.92. The van der Waals surface area contributed by atoms with Crippen molar-refractivity contribution >= 4 is 22.1 Å². The Balaban J connectivity index is 2.55. The summed E-state index contributed by atoms with van der Waals surface area (Å²) in [6, 6.07) is 12.1. The van der Waals surface area contributed by atoms with E-state index in [2.05, 4.69) is 12.1 Å². The van der Waals surface area contributed by atoms with Gasteiger partial charge in [0.15, 0.2) is 0 Å². The van der Waals surface area contributed by atoms with E-state index in [4.69, 9.17) is 0 Å². The Morgan fingerprint density at radius 1 is 1.20 bits per heavy atom. The van der Waals surface area contributed by atoms with E-state index in [-0.39, 0.29) is 5.69 Å². The molecule has 0 bridgehead atoms. The second-order valence-electron chi connectivity index (χ2n) is 5.08. The number of nitrogens with zero attached hydrogens (tertiary/aromatic N) is 3. The van der Waals surface area contributed by atoms with Gasteiger partial charge in [0, 0.05) is 31.9 Å². The molecule has 0 aliphatic carbocycles. The summed E-state index contributed by atoms with van der Waals surface area (Å²) in [7, 11) is 4.00. The highest BCUT2D eigenvalue weighted by Gasteiger charge is 2.16. The third-order valence-electron chi connectivity index (χ3n) is 3.68. The van der Waals surface area contributed by atoms with Crippen molar-refractivity contribution in [3.63, 3.8) is 0 Å². The molecule has 4 heteroatoms. The number of hydrogen-bond donors (Lipinski definition) is 0. The van der Waals surface area contributed by atoms with Crippen molar-refractivity contribution in [1.82, 2.24) is 4.40 Å². The fraction of sp³-hybridized carbons (Fsp3) is 0.250. The Hall–Kier alpha value is -2.36. The summed E-state index contributed by atoms with van der Waals surface area (Å²) in [5, 5.41) is 1.10. The van der Waals surface area contributed by atoms with Crippen LogP contribution in [-0.2, 0) is 6.54 Å². The van der Waals surface area contributed by atoms with E-state index < -0.39 is 0 Å². The fourth-order valence-electron chi connectivity index (χ4n) is 2.61. The van der Waals surface area contributed by atoms with Gasteiger partial charge >= 0.3 is 5.69 Å². The lowest BCUT2D eigenvalue weighted by Crippen LogP contribution is -2.52. The van der Waals surface area contributed by atoms with Crippen molar-refractivity contribution in [2.75, 3.05) is 19.0 Å². The molecule has 0 unspecified atom stereocenters. The van der Waals surface area contributed by atoms with E-state index in [1.165, 1.54) is 0 Å². The lowest BCUT2D eigenvalue weighted by atomic mass is 10.2. The number of aromatic nitrogens is 2. The maximum Gasteiger partial charge on any atom is 0.503 e. The summed E-state index contributed by atoms with van der Waals surface area (Å²) in [6.45, 7) is 2.66. The Labute approximate surface area is 117 Å². The monoisotopic (exact) mass is 268 g/mol. The second kappa shape index (κ2) is 4.63. The molecule has 1 aromatic carbocycles. The van der Waals surface area contributed by atoms with Gasteiger partial charge in [-0.15, -0.1) is 0 Å². The van der Waals surface area contributed by atoms with Crippen LogP contribution in [0.4, 0.5) is 5.69 Å². The van der Waals surface area contributed by atoms with Crippen LogP contribution in [0, 0.1) is 0 Å². The van der Waals surface area contributed by atoms with Crippen LogP contribution in [0.5, 0.6) is 0 Å². The average Bonchev–Trinajstić information content (AvgIpc) is 2.47. The van der Waals surface area contributed by atoms with Crippen LogP contribution < -0.4 is 15.2 Å². The van der Waals surface area contributed by atoms with Gasteiger partial charge in [-0.05, 0) is 19.1 Å². The Bertz CT molecular complexity index is 849. The summed E-state index contributed by atoms with van der Waals surface area (Å²) in [5.74, 6) is 0. The van der Waals surface area contributed by atoms with Crippen molar-refractivity contribution in [2.45, 2.75) is 13.5 Å². The zero-order valence-corrected chi connectivity index (χ0v) is 12.0. The summed E-state index contributed by atoms with van der Waals surface area (Å²) < 4.78 is 3.52. The molecule has 102 valence electrons. The van der Waals surface area contributed by atoms with Crippen LogP contribution in [-0.4, -0.2) is 18.5 Å². The molecule has 0 saturated carbocycles. The van der Waals surface area contributed by atoms with Crippen molar-refractivity contribution in [3.05, 3.63) is 53.1 Å². The van der Waals surface area contributed by atoms with E-state index in [1.54, 1.807) is 8.97 Å². The molecule has 0 aliphatic rings. The first-order valence-corrected chi connectivity index (χ1v) is 6.77. The minimum absolute atomic E-state index is 0.00602. The molecule has 0 saturated heterocycles. The summed E-state index contributed by atoms with van der Waals surface area (Å²) >= 11 is 0. The SMILES string of the molecule is CC[n+]1c(=O)n2ccc(N(C)C)cc2c2ccccc21. The predicted octanol–water partition coefficient (Wildman–Crippen LogP) is 1.83. The number of anilines is 1. The van der Waals surface area contributed by atoms with Crippen LogP contribution in [0.25, 0.3) is 16.4 Å². The zero-order valence-electron chi connectivity index (χ0n) is 12.0. The molecule has 0 fully saturated rings. The highest BCUT2D eigenvalue weighted by Crippen LogP contribution is 2.20. The van der Waals surface area contributed by atoms with Gasteiger partial charge < -0.3 is 4.90 Å². The zero-order chi connectivity index (χ0) is 14.3. The third kappa shape index (κ3) is 1.76. The number of benzene rings is 1. The van der Waals surface area contributed by atoms with Gasteiger partial charge in [-0.1, -0.05) is 12.1 Å². The molecule has 2 aromatic heterocycles. The molecule has 0 radical (unpaired) electrons. The van der Waals surface area contributed by atoms with Gasteiger partial charge in [0.2, 0.25) is 0 Å². The summed E-state index contributed by atoms with van der Waals surface area (Å²) in [5.41, 5.74) is 3.02. The highest BCUT2D eigenvalue weighted by atomic mass is 16.1.